The normalized spacial score (nSPS) is 12.2. The quantitative estimate of drug-likeness (QED) is 0.698. The van der Waals surface area contributed by atoms with Crippen molar-refractivity contribution < 1.29 is 4.79 Å². The van der Waals surface area contributed by atoms with Crippen molar-refractivity contribution in [1.29, 1.82) is 0 Å². The van der Waals surface area contributed by atoms with E-state index in [1.807, 2.05) is 61.5 Å². The van der Waals surface area contributed by atoms with Gasteiger partial charge in [-0.15, -0.1) is 0 Å². The van der Waals surface area contributed by atoms with Gasteiger partial charge in [-0.05, 0) is 30.7 Å². The molecule has 1 amide bonds. The van der Waals surface area contributed by atoms with E-state index in [9.17, 15) is 4.79 Å². The lowest BCUT2D eigenvalue weighted by Gasteiger charge is -2.13. The predicted octanol–water partition coefficient (Wildman–Crippen LogP) is 4.07. The van der Waals surface area contributed by atoms with Crippen LogP contribution in [0.15, 0.2) is 59.8 Å². The van der Waals surface area contributed by atoms with Crippen LogP contribution >= 0.6 is 11.8 Å². The molecule has 1 aromatic heterocycles. The van der Waals surface area contributed by atoms with E-state index < -0.39 is 0 Å². The zero-order chi connectivity index (χ0) is 15.4. The monoisotopic (exact) mass is 311 g/mol. The van der Waals surface area contributed by atoms with Gasteiger partial charge in [-0.25, -0.2) is 4.98 Å². The van der Waals surface area contributed by atoms with Gasteiger partial charge in [0, 0.05) is 5.69 Å². The molecule has 0 aliphatic carbocycles. The SMILES string of the molecule is CCC(Sc1nc2ccccc2[nH]1)C(=O)Nc1ccccc1. The number of carbonyl (C=O) groups is 1. The van der Waals surface area contributed by atoms with Crippen LogP contribution in [0.2, 0.25) is 0 Å². The minimum absolute atomic E-state index is 0.000781. The van der Waals surface area contributed by atoms with E-state index in [-0.39, 0.29) is 11.2 Å². The van der Waals surface area contributed by atoms with Crippen LogP contribution in [0.4, 0.5) is 5.69 Å². The van der Waals surface area contributed by atoms with E-state index in [1.54, 1.807) is 0 Å². The number of nitrogens with zero attached hydrogens (tertiary/aromatic N) is 1. The zero-order valence-electron chi connectivity index (χ0n) is 12.2. The maximum atomic E-state index is 12.4. The molecule has 5 heteroatoms. The highest BCUT2D eigenvalue weighted by Crippen LogP contribution is 2.26. The Hall–Kier alpha value is -2.27. The number of carbonyl (C=O) groups excluding carboxylic acids is 1. The van der Waals surface area contributed by atoms with Gasteiger partial charge in [0.15, 0.2) is 5.16 Å². The minimum Gasteiger partial charge on any atom is -0.333 e. The maximum Gasteiger partial charge on any atom is 0.237 e. The van der Waals surface area contributed by atoms with Gasteiger partial charge in [0.05, 0.1) is 16.3 Å². The summed E-state index contributed by atoms with van der Waals surface area (Å²) in [6, 6.07) is 17.4. The summed E-state index contributed by atoms with van der Waals surface area (Å²) < 4.78 is 0. The number of rotatable bonds is 5. The number of thioether (sulfide) groups is 1. The van der Waals surface area contributed by atoms with Crippen LogP contribution in [0.5, 0.6) is 0 Å². The predicted molar refractivity (Wildman–Crippen MR) is 91.1 cm³/mol. The van der Waals surface area contributed by atoms with E-state index in [1.165, 1.54) is 11.8 Å². The Morgan fingerprint density at radius 3 is 2.64 bits per heavy atom. The molecule has 0 saturated carbocycles. The molecule has 1 heterocycles. The largest absolute Gasteiger partial charge is 0.333 e. The van der Waals surface area contributed by atoms with Crippen LogP contribution in [0, 0.1) is 0 Å². The number of anilines is 1. The van der Waals surface area contributed by atoms with E-state index >= 15 is 0 Å². The fourth-order valence-corrected chi connectivity index (χ4v) is 3.11. The summed E-state index contributed by atoms with van der Waals surface area (Å²) in [5, 5.41) is 3.54. The van der Waals surface area contributed by atoms with Crippen LogP contribution in [0.25, 0.3) is 11.0 Å². The first kappa shape index (κ1) is 14.7. The summed E-state index contributed by atoms with van der Waals surface area (Å²) in [6.45, 7) is 2.00. The van der Waals surface area contributed by atoms with Crippen molar-refractivity contribution in [3.8, 4) is 0 Å². The van der Waals surface area contributed by atoms with Crippen molar-refractivity contribution >= 4 is 34.4 Å². The highest BCUT2D eigenvalue weighted by molar-refractivity contribution is 8.00. The van der Waals surface area contributed by atoms with Crippen molar-refractivity contribution in [3.05, 3.63) is 54.6 Å². The van der Waals surface area contributed by atoms with E-state index in [0.29, 0.717) is 0 Å². The van der Waals surface area contributed by atoms with E-state index in [4.69, 9.17) is 0 Å². The lowest BCUT2D eigenvalue weighted by atomic mass is 10.3. The van der Waals surface area contributed by atoms with Crippen LogP contribution in [0.3, 0.4) is 0 Å². The molecule has 2 aromatic carbocycles. The van der Waals surface area contributed by atoms with Gasteiger partial charge in [-0.3, -0.25) is 4.79 Å². The summed E-state index contributed by atoms with van der Waals surface area (Å²) in [5.41, 5.74) is 2.72. The summed E-state index contributed by atoms with van der Waals surface area (Å²) in [5.74, 6) is -0.000781. The number of hydrogen-bond acceptors (Lipinski definition) is 3. The number of nitrogens with one attached hydrogen (secondary N) is 2. The van der Waals surface area contributed by atoms with Crippen molar-refractivity contribution in [2.45, 2.75) is 23.8 Å². The first-order valence-electron chi connectivity index (χ1n) is 7.23. The van der Waals surface area contributed by atoms with Crippen molar-refractivity contribution in [3.63, 3.8) is 0 Å². The van der Waals surface area contributed by atoms with Crippen LogP contribution in [-0.2, 0) is 4.79 Å². The highest BCUT2D eigenvalue weighted by atomic mass is 32.2. The molecule has 3 aromatic rings. The second-order valence-corrected chi connectivity index (χ2v) is 6.12. The van der Waals surface area contributed by atoms with Gasteiger partial charge in [0.1, 0.15) is 0 Å². The lowest BCUT2D eigenvalue weighted by molar-refractivity contribution is -0.115. The third-order valence-electron chi connectivity index (χ3n) is 3.33. The topological polar surface area (TPSA) is 57.8 Å². The van der Waals surface area contributed by atoms with Crippen molar-refractivity contribution in [2.75, 3.05) is 5.32 Å². The second-order valence-electron chi connectivity index (χ2n) is 4.93. The number of hydrogen-bond donors (Lipinski definition) is 2. The third kappa shape index (κ3) is 3.31. The first-order valence-corrected chi connectivity index (χ1v) is 8.11. The van der Waals surface area contributed by atoms with Gasteiger partial charge in [0.25, 0.3) is 0 Å². The standard InChI is InChI=1S/C17H17N3OS/c1-2-15(16(21)18-12-8-4-3-5-9-12)22-17-19-13-10-6-7-11-14(13)20-17/h3-11,15H,2H2,1H3,(H,18,21)(H,19,20). The zero-order valence-corrected chi connectivity index (χ0v) is 13.1. The molecule has 112 valence electrons. The fraction of sp³-hybridized carbons (Fsp3) is 0.176. The smallest absolute Gasteiger partial charge is 0.237 e. The molecule has 2 N–H and O–H groups in total. The van der Waals surface area contributed by atoms with E-state index in [0.717, 1.165) is 28.3 Å². The molecule has 4 nitrogen and oxygen atoms in total. The Bertz CT molecular complexity index is 737. The number of benzene rings is 2. The molecule has 0 aliphatic heterocycles. The fourth-order valence-electron chi connectivity index (χ4n) is 2.19. The molecule has 0 radical (unpaired) electrons. The van der Waals surface area contributed by atoms with Gasteiger partial charge in [-0.1, -0.05) is 49.0 Å². The summed E-state index contributed by atoms with van der Waals surface area (Å²) in [7, 11) is 0. The average molecular weight is 311 g/mol. The number of aromatic amines is 1. The molecule has 0 bridgehead atoms. The number of fused-ring (bicyclic) bond motifs is 1. The molecule has 3 rings (SSSR count). The van der Waals surface area contributed by atoms with Crippen LogP contribution in [-0.4, -0.2) is 21.1 Å². The molecule has 0 fully saturated rings. The minimum atomic E-state index is -0.180. The highest BCUT2D eigenvalue weighted by Gasteiger charge is 2.19. The lowest BCUT2D eigenvalue weighted by Crippen LogP contribution is -2.24. The number of amides is 1. The van der Waals surface area contributed by atoms with Crippen LogP contribution in [0.1, 0.15) is 13.3 Å². The molecule has 1 atom stereocenters. The van der Waals surface area contributed by atoms with Gasteiger partial charge < -0.3 is 10.3 Å². The summed E-state index contributed by atoms with van der Waals surface area (Å²) >= 11 is 1.46. The Morgan fingerprint density at radius 2 is 1.91 bits per heavy atom. The Morgan fingerprint density at radius 1 is 1.18 bits per heavy atom. The molecular formula is C17H17N3OS. The average Bonchev–Trinajstić information content (AvgIpc) is 2.96. The molecule has 22 heavy (non-hydrogen) atoms. The van der Waals surface area contributed by atoms with Crippen molar-refractivity contribution in [2.24, 2.45) is 0 Å². The Balaban J connectivity index is 1.72. The van der Waals surface area contributed by atoms with Crippen molar-refractivity contribution in [1.82, 2.24) is 9.97 Å². The molecule has 1 unspecified atom stereocenters. The first-order chi connectivity index (χ1) is 10.8. The Labute approximate surface area is 133 Å². The third-order valence-corrected chi connectivity index (χ3v) is 4.57. The second kappa shape index (κ2) is 6.66. The molecule has 0 aliphatic rings. The van der Waals surface area contributed by atoms with Gasteiger partial charge >= 0.3 is 0 Å². The number of H-pyrrole nitrogens is 1. The number of imidazole rings is 1. The van der Waals surface area contributed by atoms with Crippen LogP contribution < -0.4 is 5.32 Å². The number of aromatic nitrogens is 2. The summed E-state index contributed by atoms with van der Waals surface area (Å²) in [4.78, 5) is 20.2. The molecular weight excluding hydrogens is 294 g/mol. The number of para-hydroxylation sites is 3. The molecule has 0 saturated heterocycles. The van der Waals surface area contributed by atoms with Gasteiger partial charge in [0.2, 0.25) is 5.91 Å². The summed E-state index contributed by atoms with van der Waals surface area (Å²) in [6.07, 6.45) is 0.736. The van der Waals surface area contributed by atoms with E-state index in [2.05, 4.69) is 15.3 Å². The molecule has 0 spiro atoms. The van der Waals surface area contributed by atoms with Gasteiger partial charge in [-0.2, -0.15) is 0 Å². The maximum absolute atomic E-state index is 12.4. The Kier molecular flexibility index (Phi) is 4.44.